The highest BCUT2D eigenvalue weighted by Crippen LogP contribution is 2.25. The van der Waals surface area contributed by atoms with Gasteiger partial charge in [0, 0.05) is 16.3 Å². The second-order valence-electron chi connectivity index (χ2n) is 5.21. The van der Waals surface area contributed by atoms with Gasteiger partial charge in [-0.05, 0) is 11.6 Å². The maximum atomic E-state index is 9.38. The lowest BCUT2D eigenvalue weighted by Gasteiger charge is -2.06. The molecule has 3 rings (SSSR count). The molecule has 27 heavy (non-hydrogen) atoms. The SMILES string of the molecule is ON=C(C(=Nc1nc(SCc2ccccc2Cl)n[nH]1)NO)c1ccccc1. The Kier molecular flexibility index (Phi) is 6.42. The third kappa shape index (κ3) is 4.85. The van der Waals surface area contributed by atoms with Gasteiger partial charge < -0.3 is 5.21 Å². The predicted octanol–water partition coefficient (Wildman–Crippen LogP) is 3.64. The van der Waals surface area contributed by atoms with Crippen LogP contribution in [0.15, 0.2) is 69.9 Å². The Morgan fingerprint density at radius 2 is 1.89 bits per heavy atom. The zero-order chi connectivity index (χ0) is 19.1. The van der Waals surface area contributed by atoms with Crippen molar-refractivity contribution in [2.24, 2.45) is 10.1 Å². The number of nitrogens with one attached hydrogen (secondary N) is 2. The first kappa shape index (κ1) is 18.9. The molecule has 2 aromatic carbocycles. The van der Waals surface area contributed by atoms with E-state index in [1.807, 2.05) is 35.8 Å². The summed E-state index contributed by atoms with van der Waals surface area (Å²) in [5, 5.41) is 29.8. The number of oxime groups is 1. The van der Waals surface area contributed by atoms with Crippen LogP contribution in [0.5, 0.6) is 0 Å². The largest absolute Gasteiger partial charge is 0.410 e. The molecule has 4 N–H and O–H groups in total. The second kappa shape index (κ2) is 9.17. The highest BCUT2D eigenvalue weighted by Gasteiger charge is 2.14. The summed E-state index contributed by atoms with van der Waals surface area (Å²) in [5.74, 6) is 0.659. The van der Waals surface area contributed by atoms with Crippen LogP contribution in [0.1, 0.15) is 11.1 Å². The Bertz CT molecular complexity index is 961. The van der Waals surface area contributed by atoms with Gasteiger partial charge in [-0.25, -0.2) is 5.10 Å². The van der Waals surface area contributed by atoms with Crippen LogP contribution < -0.4 is 5.48 Å². The van der Waals surface area contributed by atoms with Crippen LogP contribution in [-0.4, -0.2) is 37.1 Å². The van der Waals surface area contributed by atoms with Crippen LogP contribution >= 0.6 is 23.4 Å². The van der Waals surface area contributed by atoms with Crippen molar-refractivity contribution in [2.45, 2.75) is 10.9 Å². The lowest BCUT2D eigenvalue weighted by Crippen LogP contribution is -2.29. The molecular formula is C17H15ClN6O2S. The van der Waals surface area contributed by atoms with Gasteiger partial charge in [-0.2, -0.15) is 9.98 Å². The summed E-state index contributed by atoms with van der Waals surface area (Å²) in [4.78, 5) is 8.35. The van der Waals surface area contributed by atoms with Gasteiger partial charge in [0.1, 0.15) is 0 Å². The van der Waals surface area contributed by atoms with E-state index in [2.05, 4.69) is 25.3 Å². The molecule has 0 aliphatic heterocycles. The van der Waals surface area contributed by atoms with Crippen LogP contribution in [0, 0.1) is 0 Å². The summed E-state index contributed by atoms with van der Waals surface area (Å²) in [6, 6.07) is 16.3. The molecule has 0 bridgehead atoms. The normalized spacial score (nSPS) is 12.2. The molecule has 0 unspecified atom stereocenters. The molecule has 0 aliphatic carbocycles. The number of nitrogens with zero attached hydrogens (tertiary/aromatic N) is 4. The van der Waals surface area contributed by atoms with Crippen molar-refractivity contribution in [2.75, 3.05) is 0 Å². The van der Waals surface area contributed by atoms with Gasteiger partial charge in [0.25, 0.3) is 0 Å². The molecule has 1 heterocycles. The first-order chi connectivity index (χ1) is 13.2. The molecule has 0 saturated carbocycles. The summed E-state index contributed by atoms with van der Waals surface area (Å²) in [6.45, 7) is 0. The number of aromatic amines is 1. The molecule has 0 aliphatic rings. The number of aliphatic imine (C=N–C) groups is 1. The standard InChI is InChI=1S/C17H15ClN6O2S/c18-13-9-5-4-8-12(13)10-27-17-20-16(21-22-17)19-15(24-26)14(23-25)11-6-2-1-3-7-11/h1-9,25-26H,10H2,(H2,19,20,21,22,24). The molecule has 0 fully saturated rings. The van der Waals surface area contributed by atoms with Crippen molar-refractivity contribution in [1.29, 1.82) is 0 Å². The van der Waals surface area contributed by atoms with Crippen LogP contribution in [0.2, 0.25) is 5.02 Å². The topological polar surface area (TPSA) is 119 Å². The molecule has 0 amide bonds. The monoisotopic (exact) mass is 402 g/mol. The smallest absolute Gasteiger partial charge is 0.248 e. The number of aromatic nitrogens is 3. The van der Waals surface area contributed by atoms with Crippen molar-refractivity contribution in [3.63, 3.8) is 0 Å². The quantitative estimate of drug-likeness (QED) is 0.164. The van der Waals surface area contributed by atoms with Crippen LogP contribution in [-0.2, 0) is 5.75 Å². The van der Waals surface area contributed by atoms with Crippen molar-refractivity contribution in [3.05, 3.63) is 70.7 Å². The second-order valence-corrected chi connectivity index (χ2v) is 6.56. The van der Waals surface area contributed by atoms with E-state index >= 15 is 0 Å². The molecule has 138 valence electrons. The number of hydrogen-bond donors (Lipinski definition) is 4. The van der Waals surface area contributed by atoms with Crippen molar-refractivity contribution < 1.29 is 10.4 Å². The summed E-state index contributed by atoms with van der Waals surface area (Å²) in [5.41, 5.74) is 3.51. The van der Waals surface area contributed by atoms with E-state index in [1.54, 1.807) is 24.3 Å². The summed E-state index contributed by atoms with van der Waals surface area (Å²) in [7, 11) is 0. The lowest BCUT2D eigenvalue weighted by molar-refractivity contribution is 0.236. The highest BCUT2D eigenvalue weighted by atomic mass is 35.5. The fraction of sp³-hybridized carbons (Fsp3) is 0.0588. The van der Waals surface area contributed by atoms with E-state index < -0.39 is 0 Å². The number of amidine groups is 1. The molecule has 0 atom stereocenters. The van der Waals surface area contributed by atoms with Crippen LogP contribution in [0.4, 0.5) is 5.95 Å². The molecule has 10 heteroatoms. The van der Waals surface area contributed by atoms with Crippen molar-refractivity contribution in [1.82, 2.24) is 20.7 Å². The maximum absolute atomic E-state index is 9.38. The van der Waals surface area contributed by atoms with Crippen LogP contribution in [0.3, 0.4) is 0 Å². The van der Waals surface area contributed by atoms with Gasteiger partial charge in [-0.15, -0.1) is 5.10 Å². The number of halogens is 1. The number of thioether (sulfide) groups is 1. The zero-order valence-electron chi connectivity index (χ0n) is 13.9. The van der Waals surface area contributed by atoms with Gasteiger partial charge >= 0.3 is 0 Å². The Morgan fingerprint density at radius 3 is 2.59 bits per heavy atom. The van der Waals surface area contributed by atoms with E-state index in [-0.39, 0.29) is 17.5 Å². The molecule has 8 nitrogen and oxygen atoms in total. The number of hydroxylamine groups is 1. The minimum Gasteiger partial charge on any atom is -0.410 e. The van der Waals surface area contributed by atoms with E-state index in [9.17, 15) is 10.4 Å². The van der Waals surface area contributed by atoms with Gasteiger partial charge in [-0.3, -0.25) is 10.7 Å². The molecule has 1 aromatic heterocycles. The molecule has 0 spiro atoms. The Morgan fingerprint density at radius 1 is 1.15 bits per heavy atom. The fourth-order valence-corrected chi connectivity index (χ4v) is 3.26. The van der Waals surface area contributed by atoms with E-state index in [1.165, 1.54) is 11.8 Å². The number of H-pyrrole nitrogens is 1. The molecule has 0 saturated heterocycles. The molecule has 3 aromatic rings. The zero-order valence-corrected chi connectivity index (χ0v) is 15.4. The van der Waals surface area contributed by atoms with Gasteiger partial charge in [-0.1, -0.05) is 77.0 Å². The summed E-state index contributed by atoms with van der Waals surface area (Å²) < 4.78 is 0. The van der Waals surface area contributed by atoms with Gasteiger partial charge in [0.05, 0.1) is 0 Å². The summed E-state index contributed by atoms with van der Waals surface area (Å²) >= 11 is 7.52. The van der Waals surface area contributed by atoms with Crippen LogP contribution in [0.25, 0.3) is 0 Å². The lowest BCUT2D eigenvalue weighted by atomic mass is 10.1. The number of benzene rings is 2. The first-order valence-corrected chi connectivity index (χ1v) is 9.13. The average Bonchev–Trinajstić information content (AvgIpc) is 3.15. The molecule has 0 radical (unpaired) electrons. The van der Waals surface area contributed by atoms with Gasteiger partial charge in [0.15, 0.2) is 11.5 Å². The predicted molar refractivity (Wildman–Crippen MR) is 104 cm³/mol. The van der Waals surface area contributed by atoms with Gasteiger partial charge in [0.2, 0.25) is 11.1 Å². The van der Waals surface area contributed by atoms with Crippen molar-refractivity contribution >= 4 is 40.9 Å². The minimum atomic E-state index is -0.0810. The summed E-state index contributed by atoms with van der Waals surface area (Å²) in [6.07, 6.45) is 0. The van der Waals surface area contributed by atoms with E-state index in [0.29, 0.717) is 21.5 Å². The van der Waals surface area contributed by atoms with E-state index in [4.69, 9.17) is 11.6 Å². The Hall–Kier alpha value is -2.88. The first-order valence-electron chi connectivity index (χ1n) is 7.76. The average molecular weight is 403 g/mol. The Labute approximate surface area is 164 Å². The Balaban J connectivity index is 1.75. The van der Waals surface area contributed by atoms with Crippen molar-refractivity contribution in [3.8, 4) is 0 Å². The number of rotatable bonds is 6. The highest BCUT2D eigenvalue weighted by molar-refractivity contribution is 7.98. The third-order valence-electron chi connectivity index (χ3n) is 3.46. The number of hydrogen-bond acceptors (Lipinski definition) is 7. The fourth-order valence-electron chi connectivity index (χ4n) is 2.19. The molecular weight excluding hydrogens is 388 g/mol. The minimum absolute atomic E-state index is 0.0553. The third-order valence-corrected chi connectivity index (χ3v) is 4.73. The van der Waals surface area contributed by atoms with E-state index in [0.717, 1.165) is 5.56 Å². The maximum Gasteiger partial charge on any atom is 0.248 e.